The van der Waals surface area contributed by atoms with Crippen LogP contribution < -0.4 is 5.32 Å². The Morgan fingerprint density at radius 1 is 1.38 bits per heavy atom. The molecule has 0 saturated carbocycles. The van der Waals surface area contributed by atoms with Crippen molar-refractivity contribution in [3.63, 3.8) is 0 Å². The molecule has 0 amide bonds. The molecule has 16 heavy (non-hydrogen) atoms. The fourth-order valence-corrected chi connectivity index (χ4v) is 2.61. The van der Waals surface area contributed by atoms with Crippen molar-refractivity contribution in [3.8, 4) is 0 Å². The van der Waals surface area contributed by atoms with Crippen LogP contribution in [0.2, 0.25) is 4.34 Å². The van der Waals surface area contributed by atoms with E-state index in [0.29, 0.717) is 0 Å². The maximum absolute atomic E-state index is 5.90. The number of thiophene rings is 1. The van der Waals surface area contributed by atoms with Crippen LogP contribution in [0.3, 0.4) is 0 Å². The van der Waals surface area contributed by atoms with Crippen LogP contribution >= 0.6 is 22.9 Å². The van der Waals surface area contributed by atoms with Crippen molar-refractivity contribution in [2.75, 3.05) is 7.05 Å². The number of hydrogen-bond acceptors (Lipinski definition) is 4. The van der Waals surface area contributed by atoms with E-state index in [1.54, 1.807) is 23.7 Å². The van der Waals surface area contributed by atoms with Gasteiger partial charge in [0.15, 0.2) is 0 Å². The summed E-state index contributed by atoms with van der Waals surface area (Å²) < 4.78 is 0.818. The SMILES string of the molecule is CNC(Cc1ccc(Cl)s1)c1ncccn1. The van der Waals surface area contributed by atoms with Crippen LogP contribution in [-0.4, -0.2) is 17.0 Å². The second kappa shape index (κ2) is 5.39. The number of likely N-dealkylation sites (N-methyl/N-ethyl adjacent to an activating group) is 1. The lowest BCUT2D eigenvalue weighted by Crippen LogP contribution is -2.20. The zero-order valence-electron chi connectivity index (χ0n) is 8.85. The van der Waals surface area contributed by atoms with E-state index in [1.165, 1.54) is 4.88 Å². The molecule has 0 bridgehead atoms. The third-order valence-electron chi connectivity index (χ3n) is 2.28. The Hall–Kier alpha value is -0.970. The van der Waals surface area contributed by atoms with E-state index >= 15 is 0 Å². The summed E-state index contributed by atoms with van der Waals surface area (Å²) >= 11 is 7.50. The van der Waals surface area contributed by atoms with Gasteiger partial charge in [0.1, 0.15) is 5.82 Å². The number of halogens is 1. The minimum Gasteiger partial charge on any atom is -0.310 e. The first-order valence-electron chi connectivity index (χ1n) is 4.98. The molecule has 0 aliphatic heterocycles. The summed E-state index contributed by atoms with van der Waals surface area (Å²) in [7, 11) is 1.91. The second-order valence-electron chi connectivity index (χ2n) is 3.36. The molecule has 84 valence electrons. The average Bonchev–Trinajstić information content (AvgIpc) is 2.73. The van der Waals surface area contributed by atoms with E-state index < -0.39 is 0 Å². The van der Waals surface area contributed by atoms with Crippen LogP contribution in [0.1, 0.15) is 16.7 Å². The van der Waals surface area contributed by atoms with Gasteiger partial charge in [-0.1, -0.05) is 11.6 Å². The maximum Gasteiger partial charge on any atom is 0.145 e. The van der Waals surface area contributed by atoms with Crippen molar-refractivity contribution in [3.05, 3.63) is 45.6 Å². The molecule has 0 radical (unpaired) electrons. The van der Waals surface area contributed by atoms with Gasteiger partial charge in [-0.05, 0) is 25.2 Å². The Labute approximate surface area is 104 Å². The van der Waals surface area contributed by atoms with Gasteiger partial charge < -0.3 is 5.32 Å². The Balaban J connectivity index is 2.12. The molecule has 0 aliphatic carbocycles. The molecule has 3 nitrogen and oxygen atoms in total. The Bertz CT molecular complexity index is 444. The highest BCUT2D eigenvalue weighted by atomic mass is 35.5. The standard InChI is InChI=1S/C11H12ClN3S/c1-13-9(11-14-5-2-6-15-11)7-8-3-4-10(12)16-8/h2-6,9,13H,7H2,1H3. The number of nitrogens with zero attached hydrogens (tertiary/aromatic N) is 2. The predicted molar refractivity (Wildman–Crippen MR) is 66.9 cm³/mol. The lowest BCUT2D eigenvalue weighted by molar-refractivity contribution is 0.561. The van der Waals surface area contributed by atoms with Crippen molar-refractivity contribution in [2.24, 2.45) is 0 Å². The fraction of sp³-hybridized carbons (Fsp3) is 0.273. The molecule has 2 heterocycles. The molecule has 1 unspecified atom stereocenters. The van der Waals surface area contributed by atoms with Gasteiger partial charge in [-0.15, -0.1) is 11.3 Å². The first-order valence-corrected chi connectivity index (χ1v) is 6.17. The van der Waals surface area contributed by atoms with Gasteiger partial charge in [0, 0.05) is 23.7 Å². The van der Waals surface area contributed by atoms with E-state index in [9.17, 15) is 0 Å². The highest BCUT2D eigenvalue weighted by Gasteiger charge is 2.13. The number of aromatic nitrogens is 2. The monoisotopic (exact) mass is 253 g/mol. The normalized spacial score (nSPS) is 12.6. The van der Waals surface area contributed by atoms with Gasteiger partial charge in [-0.2, -0.15) is 0 Å². The number of nitrogens with one attached hydrogen (secondary N) is 1. The quantitative estimate of drug-likeness (QED) is 0.911. The van der Waals surface area contributed by atoms with Gasteiger partial charge in [0.25, 0.3) is 0 Å². The predicted octanol–water partition coefficient (Wildman–Crippen LogP) is 2.69. The minimum absolute atomic E-state index is 0.135. The smallest absolute Gasteiger partial charge is 0.145 e. The van der Waals surface area contributed by atoms with E-state index in [4.69, 9.17) is 11.6 Å². The molecular formula is C11H12ClN3S. The summed E-state index contributed by atoms with van der Waals surface area (Å²) in [6.45, 7) is 0. The molecule has 1 atom stereocenters. The van der Waals surface area contributed by atoms with Crippen molar-refractivity contribution in [2.45, 2.75) is 12.5 Å². The zero-order valence-corrected chi connectivity index (χ0v) is 10.4. The summed E-state index contributed by atoms with van der Waals surface area (Å²) in [4.78, 5) is 9.73. The summed E-state index contributed by atoms with van der Waals surface area (Å²) in [5.74, 6) is 0.814. The van der Waals surface area contributed by atoms with Crippen LogP contribution in [0, 0.1) is 0 Å². The molecule has 5 heteroatoms. The topological polar surface area (TPSA) is 37.8 Å². The summed E-state index contributed by atoms with van der Waals surface area (Å²) in [5.41, 5.74) is 0. The highest BCUT2D eigenvalue weighted by molar-refractivity contribution is 7.16. The Morgan fingerprint density at radius 3 is 2.69 bits per heavy atom. The third kappa shape index (κ3) is 2.78. The van der Waals surface area contributed by atoms with Gasteiger partial charge in [0.2, 0.25) is 0 Å². The number of rotatable bonds is 4. The van der Waals surface area contributed by atoms with Crippen LogP contribution in [0.25, 0.3) is 0 Å². The van der Waals surface area contributed by atoms with Gasteiger partial charge in [-0.3, -0.25) is 0 Å². The molecule has 0 spiro atoms. The van der Waals surface area contributed by atoms with Crippen LogP contribution in [0.15, 0.2) is 30.6 Å². The maximum atomic E-state index is 5.90. The molecule has 0 saturated heterocycles. The fourth-order valence-electron chi connectivity index (χ4n) is 1.48. The summed E-state index contributed by atoms with van der Waals surface area (Å²) in [5, 5.41) is 3.21. The van der Waals surface area contributed by atoms with Gasteiger partial charge >= 0.3 is 0 Å². The van der Waals surface area contributed by atoms with Crippen molar-refractivity contribution in [1.82, 2.24) is 15.3 Å². The summed E-state index contributed by atoms with van der Waals surface area (Å²) in [6, 6.07) is 5.91. The van der Waals surface area contributed by atoms with Crippen LogP contribution in [0.5, 0.6) is 0 Å². The molecular weight excluding hydrogens is 242 g/mol. The van der Waals surface area contributed by atoms with Crippen LogP contribution in [-0.2, 0) is 6.42 Å². The van der Waals surface area contributed by atoms with Crippen LogP contribution in [0.4, 0.5) is 0 Å². The van der Waals surface area contributed by atoms with Crippen molar-refractivity contribution < 1.29 is 0 Å². The van der Waals surface area contributed by atoms with E-state index in [1.807, 2.05) is 25.2 Å². The minimum atomic E-state index is 0.135. The largest absolute Gasteiger partial charge is 0.310 e. The van der Waals surface area contributed by atoms with Gasteiger partial charge in [-0.25, -0.2) is 9.97 Å². The molecule has 2 aromatic heterocycles. The van der Waals surface area contributed by atoms with Crippen molar-refractivity contribution >= 4 is 22.9 Å². The Kier molecular flexibility index (Phi) is 3.88. The molecule has 0 fully saturated rings. The first kappa shape index (κ1) is 11.5. The van der Waals surface area contributed by atoms with E-state index in [0.717, 1.165) is 16.6 Å². The average molecular weight is 254 g/mol. The van der Waals surface area contributed by atoms with E-state index in [2.05, 4.69) is 15.3 Å². The molecule has 1 N–H and O–H groups in total. The lowest BCUT2D eigenvalue weighted by atomic mass is 10.1. The summed E-state index contributed by atoms with van der Waals surface area (Å²) in [6.07, 6.45) is 4.38. The zero-order chi connectivity index (χ0) is 11.4. The second-order valence-corrected chi connectivity index (χ2v) is 5.16. The molecule has 2 rings (SSSR count). The third-order valence-corrected chi connectivity index (χ3v) is 3.53. The molecule has 0 aliphatic rings. The molecule has 0 aromatic carbocycles. The van der Waals surface area contributed by atoms with Gasteiger partial charge in [0.05, 0.1) is 10.4 Å². The van der Waals surface area contributed by atoms with Crippen molar-refractivity contribution in [1.29, 1.82) is 0 Å². The lowest BCUT2D eigenvalue weighted by Gasteiger charge is -2.12. The first-order chi connectivity index (χ1) is 7.79. The Morgan fingerprint density at radius 2 is 2.12 bits per heavy atom. The highest BCUT2D eigenvalue weighted by Crippen LogP contribution is 2.25. The number of hydrogen-bond donors (Lipinski definition) is 1. The van der Waals surface area contributed by atoms with E-state index in [-0.39, 0.29) is 6.04 Å². The molecule has 2 aromatic rings.